The number of rotatable bonds is 6. The predicted molar refractivity (Wildman–Crippen MR) is 76.2 cm³/mol. The molecule has 2 rings (SSSR count). The van der Waals surface area contributed by atoms with Crippen molar-refractivity contribution in [2.75, 3.05) is 25.0 Å². The Morgan fingerprint density at radius 2 is 2.32 bits per heavy atom. The number of aliphatic hydroxyl groups is 1. The van der Waals surface area contributed by atoms with Crippen LogP contribution in [0.25, 0.3) is 0 Å². The van der Waals surface area contributed by atoms with Crippen molar-refractivity contribution >= 4 is 11.6 Å². The van der Waals surface area contributed by atoms with Crippen molar-refractivity contribution in [3.63, 3.8) is 0 Å². The Labute approximate surface area is 114 Å². The van der Waals surface area contributed by atoms with E-state index in [1.807, 2.05) is 31.2 Å². The van der Waals surface area contributed by atoms with Gasteiger partial charge in [-0.1, -0.05) is 25.1 Å². The molecule has 2 atom stereocenters. The molecule has 1 amide bonds. The second kappa shape index (κ2) is 6.57. The van der Waals surface area contributed by atoms with Crippen molar-refractivity contribution in [1.29, 1.82) is 0 Å². The Hall–Kier alpha value is -1.55. The number of hydrogen-bond donors (Lipinski definition) is 3. The van der Waals surface area contributed by atoms with E-state index >= 15 is 0 Å². The van der Waals surface area contributed by atoms with Crippen molar-refractivity contribution in [2.45, 2.75) is 25.7 Å². The lowest BCUT2D eigenvalue weighted by atomic mass is 10.0. The zero-order valence-corrected chi connectivity index (χ0v) is 11.4. The van der Waals surface area contributed by atoms with Gasteiger partial charge in [-0.25, -0.2) is 0 Å². The van der Waals surface area contributed by atoms with Crippen molar-refractivity contribution in [3.05, 3.63) is 29.8 Å². The maximum atomic E-state index is 12.1. The largest absolute Gasteiger partial charge is 0.396 e. The molecule has 0 aromatic heterocycles. The molecule has 1 aromatic carbocycles. The molecule has 4 heteroatoms. The van der Waals surface area contributed by atoms with E-state index in [1.165, 1.54) is 0 Å². The Balaban J connectivity index is 1.79. The van der Waals surface area contributed by atoms with Gasteiger partial charge in [-0.2, -0.15) is 0 Å². The lowest BCUT2D eigenvalue weighted by Gasteiger charge is -2.12. The molecular weight excluding hydrogens is 240 g/mol. The van der Waals surface area contributed by atoms with E-state index in [0.29, 0.717) is 19.0 Å². The van der Waals surface area contributed by atoms with Crippen molar-refractivity contribution in [3.8, 4) is 0 Å². The summed E-state index contributed by atoms with van der Waals surface area (Å²) in [6.45, 7) is 3.59. The van der Waals surface area contributed by atoms with Crippen molar-refractivity contribution in [2.24, 2.45) is 5.92 Å². The molecule has 1 aliphatic heterocycles. The molecule has 19 heavy (non-hydrogen) atoms. The quantitative estimate of drug-likeness (QED) is 0.684. The zero-order chi connectivity index (χ0) is 13.7. The third kappa shape index (κ3) is 3.47. The lowest BCUT2D eigenvalue weighted by Crippen LogP contribution is -2.31. The van der Waals surface area contributed by atoms with Crippen LogP contribution in [0.4, 0.5) is 5.69 Å². The first-order valence-corrected chi connectivity index (χ1v) is 6.93. The van der Waals surface area contributed by atoms with E-state index in [1.54, 1.807) is 0 Å². The second-order valence-electron chi connectivity index (χ2n) is 5.24. The van der Waals surface area contributed by atoms with E-state index in [4.69, 9.17) is 5.11 Å². The first-order valence-electron chi connectivity index (χ1n) is 6.93. The molecule has 0 saturated carbocycles. The van der Waals surface area contributed by atoms with Crippen LogP contribution in [0.5, 0.6) is 0 Å². The third-order valence-electron chi connectivity index (χ3n) is 3.63. The van der Waals surface area contributed by atoms with Crippen LogP contribution in [-0.2, 0) is 4.79 Å². The van der Waals surface area contributed by atoms with Crippen LogP contribution in [0.1, 0.15) is 31.2 Å². The minimum absolute atomic E-state index is 0.0773. The number of carbonyl (C=O) groups is 1. The standard InChI is InChI=1S/C15H22N2O2/c1-11(10-18)5-4-8-16-15(19)13-9-17-14-7-3-2-6-12(13)14/h2-3,6-7,11,13,17-18H,4-5,8-10H2,1H3,(H,16,19). The number of nitrogens with one attached hydrogen (secondary N) is 2. The van der Waals surface area contributed by atoms with E-state index in [-0.39, 0.29) is 18.4 Å². The van der Waals surface area contributed by atoms with Gasteiger partial charge in [0.2, 0.25) is 5.91 Å². The monoisotopic (exact) mass is 262 g/mol. The number of aliphatic hydroxyl groups excluding tert-OH is 1. The van der Waals surface area contributed by atoms with Gasteiger partial charge in [0.1, 0.15) is 0 Å². The Morgan fingerprint density at radius 3 is 3.11 bits per heavy atom. The highest BCUT2D eigenvalue weighted by Gasteiger charge is 2.27. The normalized spacial score (nSPS) is 18.5. The van der Waals surface area contributed by atoms with Crippen molar-refractivity contribution < 1.29 is 9.90 Å². The summed E-state index contributed by atoms with van der Waals surface area (Å²) in [6, 6.07) is 7.95. The fraction of sp³-hybridized carbons (Fsp3) is 0.533. The summed E-state index contributed by atoms with van der Waals surface area (Å²) in [7, 11) is 0. The molecular formula is C15H22N2O2. The predicted octanol–water partition coefficient (Wildman–Crippen LogP) is 1.72. The molecule has 4 nitrogen and oxygen atoms in total. The summed E-state index contributed by atoms with van der Waals surface area (Å²) in [6.07, 6.45) is 1.85. The molecule has 0 aliphatic carbocycles. The summed E-state index contributed by atoms with van der Waals surface area (Å²) >= 11 is 0. The Morgan fingerprint density at radius 1 is 1.53 bits per heavy atom. The van der Waals surface area contributed by atoms with E-state index < -0.39 is 0 Å². The second-order valence-corrected chi connectivity index (χ2v) is 5.24. The molecule has 0 bridgehead atoms. The SMILES string of the molecule is CC(CO)CCCNC(=O)C1CNc2ccccc21. The average Bonchev–Trinajstić information content (AvgIpc) is 2.87. The first-order chi connectivity index (χ1) is 9.22. The number of anilines is 1. The van der Waals surface area contributed by atoms with Gasteiger partial charge in [0.15, 0.2) is 0 Å². The van der Waals surface area contributed by atoms with Gasteiger partial charge < -0.3 is 15.7 Å². The van der Waals surface area contributed by atoms with Gasteiger partial charge in [0.05, 0.1) is 5.92 Å². The number of fused-ring (bicyclic) bond motifs is 1. The van der Waals surface area contributed by atoms with Crippen LogP contribution in [0.15, 0.2) is 24.3 Å². The van der Waals surface area contributed by atoms with Crippen molar-refractivity contribution in [1.82, 2.24) is 5.32 Å². The van der Waals surface area contributed by atoms with Gasteiger partial charge in [-0.3, -0.25) is 4.79 Å². The molecule has 104 valence electrons. The smallest absolute Gasteiger partial charge is 0.229 e. The Kier molecular flexibility index (Phi) is 4.80. The minimum Gasteiger partial charge on any atom is -0.396 e. The van der Waals surface area contributed by atoms with Crippen LogP contribution < -0.4 is 10.6 Å². The van der Waals surface area contributed by atoms with E-state index in [0.717, 1.165) is 24.1 Å². The van der Waals surface area contributed by atoms with E-state index in [9.17, 15) is 4.79 Å². The molecule has 1 aromatic rings. The Bertz CT molecular complexity index is 434. The number of benzene rings is 1. The van der Waals surface area contributed by atoms with Gasteiger partial charge in [-0.05, 0) is 30.4 Å². The highest BCUT2D eigenvalue weighted by atomic mass is 16.3. The maximum absolute atomic E-state index is 12.1. The summed E-state index contributed by atoms with van der Waals surface area (Å²) in [5.74, 6) is 0.325. The van der Waals surface area contributed by atoms with Crippen LogP contribution >= 0.6 is 0 Å². The highest BCUT2D eigenvalue weighted by molar-refractivity contribution is 5.88. The van der Waals surface area contributed by atoms with Gasteiger partial charge in [0, 0.05) is 25.4 Å². The average molecular weight is 262 g/mol. The first kappa shape index (κ1) is 13.9. The topological polar surface area (TPSA) is 61.4 Å². The summed E-state index contributed by atoms with van der Waals surface area (Å²) < 4.78 is 0. The van der Waals surface area contributed by atoms with Crippen LogP contribution in [0.3, 0.4) is 0 Å². The van der Waals surface area contributed by atoms with Crippen LogP contribution in [0, 0.1) is 5.92 Å². The van der Waals surface area contributed by atoms with Gasteiger partial charge in [-0.15, -0.1) is 0 Å². The zero-order valence-electron chi connectivity index (χ0n) is 11.4. The maximum Gasteiger partial charge on any atom is 0.229 e. The number of amides is 1. The summed E-state index contributed by atoms with van der Waals surface area (Å²) in [4.78, 5) is 12.1. The molecule has 0 saturated heterocycles. The molecule has 2 unspecified atom stereocenters. The minimum atomic E-state index is -0.0773. The fourth-order valence-electron chi connectivity index (χ4n) is 2.39. The fourth-order valence-corrected chi connectivity index (χ4v) is 2.39. The molecule has 3 N–H and O–H groups in total. The molecule has 0 spiro atoms. The van der Waals surface area contributed by atoms with Gasteiger partial charge >= 0.3 is 0 Å². The molecule has 0 radical (unpaired) electrons. The van der Waals surface area contributed by atoms with Gasteiger partial charge in [0.25, 0.3) is 0 Å². The van der Waals surface area contributed by atoms with Crippen LogP contribution in [0.2, 0.25) is 0 Å². The molecule has 0 fully saturated rings. The molecule has 1 heterocycles. The molecule has 1 aliphatic rings. The number of carbonyl (C=O) groups excluding carboxylic acids is 1. The van der Waals surface area contributed by atoms with Crippen LogP contribution in [-0.4, -0.2) is 30.7 Å². The number of para-hydroxylation sites is 1. The lowest BCUT2D eigenvalue weighted by molar-refractivity contribution is -0.122. The highest BCUT2D eigenvalue weighted by Crippen LogP contribution is 2.30. The van der Waals surface area contributed by atoms with E-state index in [2.05, 4.69) is 10.6 Å². The third-order valence-corrected chi connectivity index (χ3v) is 3.63. The number of hydrogen-bond acceptors (Lipinski definition) is 3. The summed E-state index contributed by atoms with van der Waals surface area (Å²) in [5.41, 5.74) is 2.15. The summed E-state index contributed by atoms with van der Waals surface area (Å²) in [5, 5.41) is 15.2.